The van der Waals surface area contributed by atoms with Gasteiger partial charge in [-0.1, -0.05) is 60.1 Å². The van der Waals surface area contributed by atoms with Gasteiger partial charge in [-0.15, -0.1) is 0 Å². The number of hydrogen-bond acceptors (Lipinski definition) is 2. The Kier molecular flexibility index (Phi) is 4.41. The molecule has 2 rings (SSSR count). The van der Waals surface area contributed by atoms with Crippen LogP contribution in [0.5, 0.6) is 0 Å². The van der Waals surface area contributed by atoms with Crippen LogP contribution in [0.15, 0.2) is 53.0 Å². The van der Waals surface area contributed by atoms with E-state index in [1.54, 1.807) is 0 Å². The summed E-state index contributed by atoms with van der Waals surface area (Å²) in [5, 5.41) is 0. The molecule has 0 atom stereocenters. The van der Waals surface area contributed by atoms with E-state index in [-0.39, 0.29) is 11.2 Å². The number of halogens is 1. The molecule has 2 nitrogen and oxygen atoms in total. The molecule has 0 aliphatic carbocycles. The van der Waals surface area contributed by atoms with Gasteiger partial charge in [0, 0.05) is 27.6 Å². The number of rotatable bonds is 4. The van der Waals surface area contributed by atoms with Crippen molar-refractivity contribution < 1.29 is 4.79 Å². The van der Waals surface area contributed by atoms with Gasteiger partial charge in [0.25, 0.3) is 0 Å². The summed E-state index contributed by atoms with van der Waals surface area (Å²) in [5.74, 6) is 0.0287. The molecular weight excluding hydrogens is 314 g/mol. The van der Waals surface area contributed by atoms with E-state index < -0.39 is 0 Å². The van der Waals surface area contributed by atoms with Crippen LogP contribution < -0.4 is 5.73 Å². The third-order valence-corrected chi connectivity index (χ3v) is 4.00. The van der Waals surface area contributed by atoms with E-state index in [1.807, 2.05) is 48.5 Å². The number of nitrogens with two attached hydrogens (primary N) is 1. The van der Waals surface area contributed by atoms with Crippen molar-refractivity contribution in [3.05, 3.63) is 69.7 Å². The van der Waals surface area contributed by atoms with E-state index in [1.165, 1.54) is 0 Å². The highest BCUT2D eigenvalue weighted by atomic mass is 79.9. The van der Waals surface area contributed by atoms with Gasteiger partial charge in [-0.3, -0.25) is 4.79 Å². The highest BCUT2D eigenvalue weighted by molar-refractivity contribution is 9.10. The highest BCUT2D eigenvalue weighted by Crippen LogP contribution is 2.24. The van der Waals surface area contributed by atoms with Crippen molar-refractivity contribution >= 4 is 21.7 Å². The van der Waals surface area contributed by atoms with Crippen LogP contribution in [0, 0.1) is 0 Å². The van der Waals surface area contributed by atoms with E-state index >= 15 is 0 Å². The third-order valence-electron chi connectivity index (χ3n) is 3.50. The lowest BCUT2D eigenvalue weighted by Crippen LogP contribution is -2.28. The Bertz CT molecular complexity index is 634. The average molecular weight is 332 g/mol. The summed E-state index contributed by atoms with van der Waals surface area (Å²) in [7, 11) is 0. The summed E-state index contributed by atoms with van der Waals surface area (Å²) in [6, 6.07) is 15.2. The van der Waals surface area contributed by atoms with E-state index in [9.17, 15) is 4.79 Å². The van der Waals surface area contributed by atoms with Gasteiger partial charge in [0.15, 0.2) is 5.78 Å². The largest absolute Gasteiger partial charge is 0.330 e. The fraction of sp³-hybridized carbons (Fsp3) is 0.235. The molecule has 0 aromatic heterocycles. The monoisotopic (exact) mass is 331 g/mol. The first kappa shape index (κ1) is 14.9. The van der Waals surface area contributed by atoms with Gasteiger partial charge in [-0.05, 0) is 23.8 Å². The number of hydrogen-bond donors (Lipinski definition) is 1. The molecule has 0 bridgehead atoms. The smallest absolute Gasteiger partial charge is 0.193 e. The summed E-state index contributed by atoms with van der Waals surface area (Å²) in [4.78, 5) is 12.5. The van der Waals surface area contributed by atoms with Crippen LogP contribution in [-0.4, -0.2) is 12.3 Å². The first-order valence-corrected chi connectivity index (χ1v) is 7.34. The van der Waals surface area contributed by atoms with Crippen LogP contribution in [0.3, 0.4) is 0 Å². The predicted octanol–water partition coefficient (Wildman–Crippen LogP) is 3.92. The number of ketones is 1. The van der Waals surface area contributed by atoms with E-state index in [4.69, 9.17) is 5.73 Å². The van der Waals surface area contributed by atoms with E-state index in [2.05, 4.69) is 29.8 Å². The molecule has 0 amide bonds. The SMILES string of the molecule is CC(C)(CN)c1cccc(C(=O)c2cccc(Br)c2)c1. The van der Waals surface area contributed by atoms with Crippen molar-refractivity contribution in [2.24, 2.45) is 5.73 Å². The number of benzene rings is 2. The zero-order valence-electron chi connectivity index (χ0n) is 11.7. The van der Waals surface area contributed by atoms with Gasteiger partial charge in [0.2, 0.25) is 0 Å². The molecule has 0 heterocycles. The lowest BCUT2D eigenvalue weighted by molar-refractivity contribution is 0.103. The van der Waals surface area contributed by atoms with Crippen LogP contribution in [0.25, 0.3) is 0 Å². The average Bonchev–Trinajstić information content (AvgIpc) is 2.46. The van der Waals surface area contributed by atoms with Crippen molar-refractivity contribution in [2.45, 2.75) is 19.3 Å². The molecule has 2 N–H and O–H groups in total. The molecular formula is C17H18BrNO. The Morgan fingerprint density at radius 3 is 2.30 bits per heavy atom. The van der Waals surface area contributed by atoms with Gasteiger partial charge in [-0.25, -0.2) is 0 Å². The Morgan fingerprint density at radius 2 is 1.70 bits per heavy atom. The van der Waals surface area contributed by atoms with Gasteiger partial charge in [0.05, 0.1) is 0 Å². The lowest BCUT2D eigenvalue weighted by atomic mass is 9.83. The Morgan fingerprint density at radius 1 is 1.10 bits per heavy atom. The summed E-state index contributed by atoms with van der Waals surface area (Å²) in [5.41, 5.74) is 8.14. The highest BCUT2D eigenvalue weighted by Gasteiger charge is 2.20. The molecule has 2 aromatic rings. The quantitative estimate of drug-likeness (QED) is 0.863. The van der Waals surface area contributed by atoms with Crippen molar-refractivity contribution in [1.29, 1.82) is 0 Å². The third kappa shape index (κ3) is 3.17. The molecule has 0 saturated heterocycles. The van der Waals surface area contributed by atoms with Gasteiger partial charge in [-0.2, -0.15) is 0 Å². The molecule has 0 radical (unpaired) electrons. The second kappa shape index (κ2) is 5.90. The maximum absolute atomic E-state index is 12.5. The van der Waals surface area contributed by atoms with Crippen molar-refractivity contribution in [1.82, 2.24) is 0 Å². The number of carbonyl (C=O) groups excluding carboxylic acids is 1. The van der Waals surface area contributed by atoms with Crippen LogP contribution in [-0.2, 0) is 5.41 Å². The maximum Gasteiger partial charge on any atom is 0.193 e. The van der Waals surface area contributed by atoms with Crippen molar-refractivity contribution in [3.63, 3.8) is 0 Å². The number of carbonyl (C=O) groups is 1. The molecule has 3 heteroatoms. The summed E-state index contributed by atoms with van der Waals surface area (Å²) < 4.78 is 0.904. The first-order valence-electron chi connectivity index (χ1n) is 6.55. The molecule has 2 aromatic carbocycles. The minimum atomic E-state index is -0.131. The molecule has 0 aliphatic heterocycles. The summed E-state index contributed by atoms with van der Waals surface area (Å²) in [6.45, 7) is 4.70. The summed E-state index contributed by atoms with van der Waals surface area (Å²) >= 11 is 3.39. The fourth-order valence-corrected chi connectivity index (χ4v) is 2.39. The lowest BCUT2D eigenvalue weighted by Gasteiger charge is -2.23. The Balaban J connectivity index is 2.39. The molecule has 104 valence electrons. The van der Waals surface area contributed by atoms with Crippen LogP contribution in [0.1, 0.15) is 35.3 Å². The molecule has 20 heavy (non-hydrogen) atoms. The zero-order valence-corrected chi connectivity index (χ0v) is 13.3. The van der Waals surface area contributed by atoms with Crippen LogP contribution >= 0.6 is 15.9 Å². The minimum Gasteiger partial charge on any atom is -0.330 e. The van der Waals surface area contributed by atoms with Gasteiger partial charge < -0.3 is 5.73 Å². The van der Waals surface area contributed by atoms with Gasteiger partial charge >= 0.3 is 0 Å². The molecule has 0 spiro atoms. The molecule has 0 unspecified atom stereocenters. The van der Waals surface area contributed by atoms with Crippen molar-refractivity contribution in [3.8, 4) is 0 Å². The topological polar surface area (TPSA) is 43.1 Å². The minimum absolute atomic E-state index is 0.0287. The zero-order chi connectivity index (χ0) is 14.8. The fourth-order valence-electron chi connectivity index (χ4n) is 2.00. The second-order valence-electron chi connectivity index (χ2n) is 5.51. The van der Waals surface area contributed by atoms with Crippen LogP contribution in [0.2, 0.25) is 0 Å². The van der Waals surface area contributed by atoms with Gasteiger partial charge in [0.1, 0.15) is 0 Å². The predicted molar refractivity (Wildman–Crippen MR) is 86.1 cm³/mol. The Hall–Kier alpha value is -1.45. The van der Waals surface area contributed by atoms with Crippen molar-refractivity contribution in [2.75, 3.05) is 6.54 Å². The standard InChI is InChI=1S/C17H18BrNO/c1-17(2,11-19)14-7-3-5-12(9-14)16(20)13-6-4-8-15(18)10-13/h3-10H,11,19H2,1-2H3. The molecule has 0 aliphatic rings. The van der Waals surface area contributed by atoms with E-state index in [0.717, 1.165) is 10.0 Å². The molecule has 0 saturated carbocycles. The van der Waals surface area contributed by atoms with Crippen LogP contribution in [0.4, 0.5) is 0 Å². The Labute approximate surface area is 128 Å². The molecule has 0 fully saturated rings. The first-order chi connectivity index (χ1) is 9.44. The maximum atomic E-state index is 12.5. The summed E-state index contributed by atoms with van der Waals surface area (Å²) in [6.07, 6.45) is 0. The second-order valence-corrected chi connectivity index (χ2v) is 6.42. The van der Waals surface area contributed by atoms with E-state index in [0.29, 0.717) is 17.7 Å². The normalized spacial score (nSPS) is 11.4.